The van der Waals surface area contributed by atoms with Crippen molar-refractivity contribution in [3.8, 4) is 0 Å². The molecule has 3 heteroatoms. The monoisotopic (exact) mass is 217 g/mol. The van der Waals surface area contributed by atoms with Gasteiger partial charge in [-0.2, -0.15) is 0 Å². The lowest BCUT2D eigenvalue weighted by Crippen LogP contribution is -2.61. The average molecular weight is 217 g/mol. The van der Waals surface area contributed by atoms with E-state index in [1.165, 1.54) is 5.56 Å². The van der Waals surface area contributed by atoms with E-state index in [0.717, 1.165) is 25.9 Å². The number of rotatable bonds is 2. The summed E-state index contributed by atoms with van der Waals surface area (Å²) in [5, 5.41) is 0. The Morgan fingerprint density at radius 3 is 2.62 bits per heavy atom. The highest BCUT2D eigenvalue weighted by atomic mass is 16.5. The van der Waals surface area contributed by atoms with Gasteiger partial charge in [-0.15, -0.1) is 0 Å². The zero-order valence-electron chi connectivity index (χ0n) is 9.19. The van der Waals surface area contributed by atoms with E-state index < -0.39 is 0 Å². The summed E-state index contributed by atoms with van der Waals surface area (Å²) in [5.74, 6) is -0.0188. The van der Waals surface area contributed by atoms with Crippen molar-refractivity contribution in [1.29, 1.82) is 0 Å². The predicted molar refractivity (Wildman–Crippen MR) is 59.8 cm³/mol. The van der Waals surface area contributed by atoms with Gasteiger partial charge >= 0.3 is 5.97 Å². The average Bonchev–Trinajstić information content (AvgIpc) is 2.70. The van der Waals surface area contributed by atoms with Crippen molar-refractivity contribution in [3.63, 3.8) is 0 Å². The van der Waals surface area contributed by atoms with Gasteiger partial charge in [0, 0.05) is 19.5 Å². The van der Waals surface area contributed by atoms with Crippen LogP contribution in [0.4, 0.5) is 0 Å². The van der Waals surface area contributed by atoms with Crippen LogP contribution in [-0.4, -0.2) is 29.6 Å². The molecule has 0 amide bonds. The Bertz CT molecular complexity index is 404. The molecule has 0 bridgehead atoms. The third-order valence-electron chi connectivity index (χ3n) is 3.75. The molecule has 2 aliphatic heterocycles. The van der Waals surface area contributed by atoms with Gasteiger partial charge in [0.1, 0.15) is 5.54 Å². The van der Waals surface area contributed by atoms with Gasteiger partial charge in [0.05, 0.1) is 6.61 Å². The third kappa shape index (κ3) is 1.35. The van der Waals surface area contributed by atoms with Gasteiger partial charge in [0.15, 0.2) is 0 Å². The lowest BCUT2D eigenvalue weighted by Gasteiger charge is -2.47. The van der Waals surface area contributed by atoms with Gasteiger partial charge in [0.2, 0.25) is 0 Å². The van der Waals surface area contributed by atoms with Crippen molar-refractivity contribution >= 4 is 5.97 Å². The summed E-state index contributed by atoms with van der Waals surface area (Å²) in [6.45, 7) is 2.45. The molecule has 0 saturated carbocycles. The molecule has 1 atom stereocenters. The molecule has 84 valence electrons. The zero-order valence-corrected chi connectivity index (χ0v) is 9.19. The highest BCUT2D eigenvalue weighted by Gasteiger charge is 2.54. The second-order valence-electron chi connectivity index (χ2n) is 4.57. The fourth-order valence-corrected chi connectivity index (χ4v) is 2.64. The van der Waals surface area contributed by atoms with Crippen LogP contribution in [0.25, 0.3) is 0 Å². The fraction of sp³-hybridized carbons (Fsp3) is 0.462. The first kappa shape index (κ1) is 9.85. The van der Waals surface area contributed by atoms with E-state index in [1.807, 2.05) is 18.2 Å². The summed E-state index contributed by atoms with van der Waals surface area (Å²) in [6, 6.07) is 10.3. The lowest BCUT2D eigenvalue weighted by molar-refractivity contribution is -0.156. The van der Waals surface area contributed by atoms with Crippen molar-refractivity contribution in [1.82, 2.24) is 4.90 Å². The zero-order chi connectivity index (χ0) is 11.0. The van der Waals surface area contributed by atoms with Crippen LogP contribution in [0.5, 0.6) is 0 Å². The molecule has 3 nitrogen and oxygen atoms in total. The molecule has 0 aromatic heterocycles. The van der Waals surface area contributed by atoms with Gasteiger partial charge in [0.25, 0.3) is 0 Å². The number of hydrogen-bond donors (Lipinski definition) is 0. The largest absolute Gasteiger partial charge is 0.464 e. The number of cyclic esters (lactones) is 1. The van der Waals surface area contributed by atoms with Crippen LogP contribution in [-0.2, 0) is 16.1 Å². The van der Waals surface area contributed by atoms with Crippen LogP contribution in [0.1, 0.15) is 18.4 Å². The van der Waals surface area contributed by atoms with Gasteiger partial charge in [-0.3, -0.25) is 9.69 Å². The molecule has 0 aliphatic carbocycles. The van der Waals surface area contributed by atoms with E-state index >= 15 is 0 Å². The van der Waals surface area contributed by atoms with Crippen LogP contribution < -0.4 is 0 Å². The summed E-state index contributed by atoms with van der Waals surface area (Å²) in [5.41, 5.74) is 0.983. The molecular weight excluding hydrogens is 202 g/mol. The van der Waals surface area contributed by atoms with Crippen molar-refractivity contribution in [2.24, 2.45) is 0 Å². The minimum atomic E-state index is -0.282. The molecule has 1 spiro atoms. The maximum atomic E-state index is 11.7. The second-order valence-corrected chi connectivity index (χ2v) is 4.57. The number of carbonyl (C=O) groups is 1. The Morgan fingerprint density at radius 2 is 2.06 bits per heavy atom. The molecular formula is C13H15NO2. The smallest absolute Gasteiger partial charge is 0.326 e. The highest BCUT2D eigenvalue weighted by molar-refractivity contribution is 5.83. The summed E-state index contributed by atoms with van der Waals surface area (Å²) in [7, 11) is 0. The van der Waals surface area contributed by atoms with Crippen molar-refractivity contribution < 1.29 is 9.53 Å². The number of esters is 1. The number of carbonyl (C=O) groups excluding carboxylic acids is 1. The number of hydrogen-bond acceptors (Lipinski definition) is 3. The Balaban J connectivity index is 1.75. The van der Waals surface area contributed by atoms with E-state index in [0.29, 0.717) is 6.61 Å². The molecule has 2 saturated heterocycles. The lowest BCUT2D eigenvalue weighted by atomic mass is 9.83. The SMILES string of the molecule is O=C1OCCC12CCN2Cc1ccccc1. The van der Waals surface area contributed by atoms with Crippen LogP contribution in [0, 0.1) is 0 Å². The molecule has 0 N–H and O–H groups in total. The number of nitrogens with zero attached hydrogens (tertiary/aromatic N) is 1. The minimum absolute atomic E-state index is 0.0188. The Labute approximate surface area is 95.0 Å². The van der Waals surface area contributed by atoms with E-state index in [9.17, 15) is 4.79 Å². The summed E-state index contributed by atoms with van der Waals surface area (Å²) in [6.07, 6.45) is 1.82. The van der Waals surface area contributed by atoms with E-state index in [1.54, 1.807) is 0 Å². The summed E-state index contributed by atoms with van der Waals surface area (Å²) in [4.78, 5) is 14.0. The van der Waals surface area contributed by atoms with Crippen LogP contribution in [0.3, 0.4) is 0 Å². The first-order valence-corrected chi connectivity index (χ1v) is 5.77. The minimum Gasteiger partial charge on any atom is -0.464 e. The van der Waals surface area contributed by atoms with Crippen molar-refractivity contribution in [2.45, 2.75) is 24.9 Å². The van der Waals surface area contributed by atoms with Crippen molar-refractivity contribution in [2.75, 3.05) is 13.2 Å². The molecule has 2 heterocycles. The number of ether oxygens (including phenoxy) is 1. The maximum absolute atomic E-state index is 11.7. The van der Waals surface area contributed by atoms with Crippen molar-refractivity contribution in [3.05, 3.63) is 35.9 Å². The van der Waals surface area contributed by atoms with Gasteiger partial charge in [-0.25, -0.2) is 0 Å². The van der Waals surface area contributed by atoms with Crippen LogP contribution in [0.2, 0.25) is 0 Å². The highest BCUT2D eigenvalue weighted by Crippen LogP contribution is 2.39. The molecule has 2 fully saturated rings. The standard InChI is InChI=1S/C13H15NO2/c15-12-13(7-9-16-12)6-8-14(13)10-11-4-2-1-3-5-11/h1-5H,6-10H2. The fourth-order valence-electron chi connectivity index (χ4n) is 2.64. The number of likely N-dealkylation sites (tertiary alicyclic amines) is 1. The maximum Gasteiger partial charge on any atom is 0.326 e. The van der Waals surface area contributed by atoms with Gasteiger partial charge in [-0.1, -0.05) is 30.3 Å². The normalized spacial score (nSPS) is 29.1. The number of benzene rings is 1. The molecule has 3 rings (SSSR count). The summed E-state index contributed by atoms with van der Waals surface area (Å²) >= 11 is 0. The molecule has 1 aromatic rings. The first-order valence-electron chi connectivity index (χ1n) is 5.77. The molecule has 1 aromatic carbocycles. The second kappa shape index (κ2) is 3.59. The molecule has 1 unspecified atom stereocenters. The van der Waals surface area contributed by atoms with Crippen LogP contribution >= 0.6 is 0 Å². The summed E-state index contributed by atoms with van der Waals surface area (Å²) < 4.78 is 5.10. The quantitative estimate of drug-likeness (QED) is 0.704. The third-order valence-corrected chi connectivity index (χ3v) is 3.75. The van der Waals surface area contributed by atoms with Gasteiger partial charge < -0.3 is 4.74 Å². The molecule has 16 heavy (non-hydrogen) atoms. The Hall–Kier alpha value is -1.35. The first-order chi connectivity index (χ1) is 7.81. The van der Waals surface area contributed by atoms with E-state index in [-0.39, 0.29) is 11.5 Å². The Morgan fingerprint density at radius 1 is 1.25 bits per heavy atom. The Kier molecular flexibility index (Phi) is 2.21. The predicted octanol–water partition coefficient (Wildman–Crippen LogP) is 1.58. The van der Waals surface area contributed by atoms with Gasteiger partial charge in [-0.05, 0) is 12.0 Å². The molecule has 2 aliphatic rings. The van der Waals surface area contributed by atoms with Crippen LogP contribution in [0.15, 0.2) is 30.3 Å². The molecule has 0 radical (unpaired) electrons. The topological polar surface area (TPSA) is 29.5 Å². The van der Waals surface area contributed by atoms with E-state index in [2.05, 4.69) is 17.0 Å². The van der Waals surface area contributed by atoms with E-state index in [4.69, 9.17) is 4.74 Å².